The fourth-order valence-electron chi connectivity index (χ4n) is 5.30. The first kappa shape index (κ1) is 25.9. The minimum atomic E-state index is -4.55. The van der Waals surface area contributed by atoms with Crippen molar-refractivity contribution in [1.82, 2.24) is 9.97 Å². The van der Waals surface area contributed by atoms with Gasteiger partial charge in [0.1, 0.15) is 36.4 Å². The maximum atomic E-state index is 13.5. The number of anilines is 3. The lowest BCUT2D eigenvalue weighted by Crippen LogP contribution is -2.53. The first-order valence-electron chi connectivity index (χ1n) is 11.8. The molecule has 15 heteroatoms. The summed E-state index contributed by atoms with van der Waals surface area (Å²) in [6.45, 7) is 2.86. The van der Waals surface area contributed by atoms with E-state index in [1.807, 2.05) is 0 Å². The highest BCUT2D eigenvalue weighted by molar-refractivity contribution is 5.96. The van der Waals surface area contributed by atoms with Crippen molar-refractivity contribution in [2.24, 2.45) is 17.4 Å². The summed E-state index contributed by atoms with van der Waals surface area (Å²) in [5, 5.41) is 0. The molecule has 12 nitrogen and oxygen atoms in total. The number of amides is 2. The minimum Gasteiger partial charge on any atom is -0.474 e. The van der Waals surface area contributed by atoms with Crippen molar-refractivity contribution in [3.05, 3.63) is 30.7 Å². The number of carbonyl (C=O) groups excluding carboxylic acids is 2. The van der Waals surface area contributed by atoms with Gasteiger partial charge in [-0.05, 0) is 26.0 Å². The molecule has 0 aliphatic carbocycles. The summed E-state index contributed by atoms with van der Waals surface area (Å²) in [7, 11) is 0. The lowest BCUT2D eigenvalue weighted by atomic mass is 9.94. The Kier molecular flexibility index (Phi) is 6.30. The van der Waals surface area contributed by atoms with Gasteiger partial charge < -0.3 is 30.6 Å². The maximum Gasteiger partial charge on any atom is 0.426 e. The predicted molar refractivity (Wildman–Crippen MR) is 124 cm³/mol. The van der Waals surface area contributed by atoms with Gasteiger partial charge in [0, 0.05) is 0 Å². The number of aromatic nitrogens is 3. The number of ether oxygens (including phenoxy) is 3. The number of carbonyl (C=O) groups is 2. The number of fused-ring (bicyclic) bond motifs is 4. The second-order valence-electron chi connectivity index (χ2n) is 9.80. The summed E-state index contributed by atoms with van der Waals surface area (Å²) in [4.78, 5) is 36.5. The van der Waals surface area contributed by atoms with Crippen LogP contribution in [0.5, 0.6) is 5.88 Å². The van der Waals surface area contributed by atoms with E-state index < -0.39 is 48.3 Å². The Morgan fingerprint density at radius 3 is 2.58 bits per heavy atom. The van der Waals surface area contributed by atoms with Crippen LogP contribution in [0.3, 0.4) is 0 Å². The Hall–Kier alpha value is -3.72. The molecule has 4 atom stereocenters. The summed E-state index contributed by atoms with van der Waals surface area (Å²) in [6.07, 6.45) is -0.953. The predicted octanol–water partition coefficient (Wildman–Crippen LogP) is 0.152. The van der Waals surface area contributed by atoms with Crippen molar-refractivity contribution < 1.29 is 41.5 Å². The van der Waals surface area contributed by atoms with Crippen LogP contribution in [0, 0.1) is 5.92 Å². The van der Waals surface area contributed by atoms with Crippen LogP contribution in [-0.4, -0.2) is 71.7 Å². The average molecular weight is 539 g/mol. The number of pyridine rings is 1. The summed E-state index contributed by atoms with van der Waals surface area (Å²) >= 11 is 0. The second kappa shape index (κ2) is 9.23. The molecule has 2 amide bonds. The molecule has 204 valence electrons. The molecule has 2 saturated heterocycles. The average Bonchev–Trinajstić information content (AvgIpc) is 3.35. The molecular formula is C23H27F3N7O5+. The number of nitrogens with zero attached hydrogens (tertiary/aromatic N) is 5. The van der Waals surface area contributed by atoms with E-state index >= 15 is 0 Å². The Labute approximate surface area is 215 Å². The summed E-state index contributed by atoms with van der Waals surface area (Å²) in [5.41, 5.74) is 11.6. The maximum absolute atomic E-state index is 13.5. The van der Waals surface area contributed by atoms with E-state index in [1.54, 1.807) is 19.9 Å². The highest BCUT2D eigenvalue weighted by Gasteiger charge is 2.59. The Morgan fingerprint density at radius 2 is 2.00 bits per heavy atom. The zero-order valence-corrected chi connectivity index (χ0v) is 20.6. The van der Waals surface area contributed by atoms with Crippen LogP contribution in [-0.2, 0) is 25.6 Å². The fourth-order valence-corrected chi connectivity index (χ4v) is 5.30. The SMILES string of the molecule is CC1(C)OC[C@H](COc2cnc(N3c4c(ccc[n+]4CC(F)(F)F)N4C[C@@H]3C(C(N)=O)C4C(N)=O)cn2)O1. The molecule has 3 aliphatic heterocycles. The van der Waals surface area contributed by atoms with E-state index in [1.165, 1.54) is 34.5 Å². The van der Waals surface area contributed by atoms with Crippen LogP contribution in [0.25, 0.3) is 0 Å². The topological polar surface area (TPSA) is 150 Å². The molecule has 0 saturated carbocycles. The van der Waals surface area contributed by atoms with E-state index in [4.69, 9.17) is 25.7 Å². The van der Waals surface area contributed by atoms with Gasteiger partial charge in [0.15, 0.2) is 12.3 Å². The number of primary amides is 2. The highest BCUT2D eigenvalue weighted by atomic mass is 19.4. The molecule has 5 heterocycles. The molecule has 4 N–H and O–H groups in total. The van der Waals surface area contributed by atoms with Gasteiger partial charge in [-0.3, -0.25) is 9.59 Å². The smallest absolute Gasteiger partial charge is 0.426 e. The lowest BCUT2D eigenvalue weighted by molar-refractivity contribution is -0.707. The molecule has 38 heavy (non-hydrogen) atoms. The molecule has 2 bridgehead atoms. The normalized spacial score (nSPS) is 25.8. The zero-order valence-electron chi connectivity index (χ0n) is 20.6. The highest BCUT2D eigenvalue weighted by Crippen LogP contribution is 2.46. The monoisotopic (exact) mass is 538 g/mol. The third kappa shape index (κ3) is 4.78. The van der Waals surface area contributed by atoms with Crippen molar-refractivity contribution in [2.75, 3.05) is 29.6 Å². The molecule has 0 radical (unpaired) electrons. The largest absolute Gasteiger partial charge is 0.474 e. The van der Waals surface area contributed by atoms with E-state index in [0.29, 0.717) is 6.61 Å². The molecule has 2 unspecified atom stereocenters. The van der Waals surface area contributed by atoms with Crippen molar-refractivity contribution >= 4 is 29.1 Å². The fraction of sp³-hybridized carbons (Fsp3) is 0.522. The number of nitrogens with two attached hydrogens (primary N) is 2. The van der Waals surface area contributed by atoms with Crippen LogP contribution in [0.2, 0.25) is 0 Å². The van der Waals surface area contributed by atoms with Crippen LogP contribution < -0.4 is 30.6 Å². The molecule has 0 spiro atoms. The van der Waals surface area contributed by atoms with Crippen molar-refractivity contribution in [2.45, 2.75) is 50.5 Å². The van der Waals surface area contributed by atoms with E-state index in [-0.39, 0.29) is 42.5 Å². The van der Waals surface area contributed by atoms with Gasteiger partial charge >= 0.3 is 12.0 Å². The van der Waals surface area contributed by atoms with Gasteiger partial charge in [0.2, 0.25) is 23.5 Å². The molecule has 0 aromatic carbocycles. The van der Waals surface area contributed by atoms with Gasteiger partial charge in [0.05, 0.1) is 31.7 Å². The van der Waals surface area contributed by atoms with E-state index in [2.05, 4.69) is 9.97 Å². The molecule has 2 fully saturated rings. The van der Waals surface area contributed by atoms with Crippen LogP contribution in [0.15, 0.2) is 30.7 Å². The van der Waals surface area contributed by atoms with Crippen molar-refractivity contribution in [3.63, 3.8) is 0 Å². The molecular weight excluding hydrogens is 511 g/mol. The van der Waals surface area contributed by atoms with Gasteiger partial charge in [-0.2, -0.15) is 13.2 Å². The van der Waals surface area contributed by atoms with Gasteiger partial charge in [-0.25, -0.2) is 19.4 Å². The molecule has 5 rings (SSSR count). The van der Waals surface area contributed by atoms with Crippen LogP contribution in [0.1, 0.15) is 13.8 Å². The first-order chi connectivity index (χ1) is 17.8. The Balaban J connectivity index is 1.51. The van der Waals surface area contributed by atoms with Crippen molar-refractivity contribution in [1.29, 1.82) is 0 Å². The number of hydrogen-bond acceptors (Lipinski definition) is 9. The number of halogens is 3. The third-order valence-corrected chi connectivity index (χ3v) is 6.68. The minimum absolute atomic E-state index is 0.0813. The van der Waals surface area contributed by atoms with Crippen LogP contribution >= 0.6 is 0 Å². The van der Waals surface area contributed by atoms with Crippen molar-refractivity contribution in [3.8, 4) is 5.88 Å². The molecule has 2 aromatic heterocycles. The standard InChI is InChI=1S/C23H26F3N7O5/c1-22(2)37-10-12(38-22)9-36-16-7-29-15(6-30-16)33-14-8-32(18(20(28)35)17(14)19(27)34)13-4-3-5-31(21(13)33)11-23(24,25)26/h3-7,12,14,17-18H,8-11H2,1-2H3,(H3-,27,28,34,35)/p+1/t12-,14+,17?,18?/m0/s1. The second-order valence-corrected chi connectivity index (χ2v) is 9.80. The van der Waals surface area contributed by atoms with Gasteiger partial charge in [-0.1, -0.05) is 0 Å². The number of alkyl halides is 3. The number of rotatable bonds is 7. The van der Waals surface area contributed by atoms with E-state index in [9.17, 15) is 22.8 Å². The summed E-state index contributed by atoms with van der Waals surface area (Å²) in [6, 6.07) is 1.02. The Bertz CT molecular complexity index is 1240. The number of hydrogen-bond donors (Lipinski definition) is 2. The van der Waals surface area contributed by atoms with E-state index in [0.717, 1.165) is 4.57 Å². The Morgan fingerprint density at radius 1 is 1.24 bits per heavy atom. The van der Waals surface area contributed by atoms with Gasteiger partial charge in [-0.15, -0.1) is 0 Å². The summed E-state index contributed by atoms with van der Waals surface area (Å²) in [5.74, 6) is -3.07. The van der Waals surface area contributed by atoms with Gasteiger partial charge in [0.25, 0.3) is 0 Å². The zero-order chi connectivity index (χ0) is 27.4. The van der Waals surface area contributed by atoms with Crippen LogP contribution in [0.4, 0.5) is 30.5 Å². The lowest BCUT2D eigenvalue weighted by Gasteiger charge is -2.33. The molecule has 3 aliphatic rings. The molecule has 2 aromatic rings. The third-order valence-electron chi connectivity index (χ3n) is 6.68. The first-order valence-corrected chi connectivity index (χ1v) is 11.8. The quantitative estimate of drug-likeness (QED) is 0.470. The summed E-state index contributed by atoms with van der Waals surface area (Å²) < 4.78 is 58.4.